The lowest BCUT2D eigenvalue weighted by Crippen LogP contribution is -2.46. The Labute approximate surface area is 87.2 Å². The van der Waals surface area contributed by atoms with Gasteiger partial charge in [-0.25, -0.2) is 5.43 Å². The Hall–Kier alpha value is -1.75. The first kappa shape index (κ1) is 9.79. The Morgan fingerprint density at radius 2 is 2.33 bits per heavy atom. The van der Waals surface area contributed by atoms with Crippen molar-refractivity contribution in [1.29, 1.82) is 0 Å². The SMILES string of the molecule is C[C@H](NN1COc2ccccc21)C(=O)O. The summed E-state index contributed by atoms with van der Waals surface area (Å²) in [4.78, 5) is 10.7. The summed E-state index contributed by atoms with van der Waals surface area (Å²) in [5.74, 6) is -0.123. The zero-order valence-electron chi connectivity index (χ0n) is 8.30. The molecule has 0 saturated heterocycles. The predicted molar refractivity (Wildman–Crippen MR) is 54.6 cm³/mol. The Morgan fingerprint density at radius 3 is 3.07 bits per heavy atom. The van der Waals surface area contributed by atoms with Gasteiger partial charge >= 0.3 is 5.97 Å². The summed E-state index contributed by atoms with van der Waals surface area (Å²) >= 11 is 0. The van der Waals surface area contributed by atoms with Crippen molar-refractivity contribution in [2.75, 3.05) is 11.7 Å². The van der Waals surface area contributed by atoms with Crippen molar-refractivity contribution in [2.24, 2.45) is 0 Å². The number of aliphatic carboxylic acids is 1. The Balaban J connectivity index is 2.11. The van der Waals surface area contributed by atoms with E-state index in [4.69, 9.17) is 9.84 Å². The van der Waals surface area contributed by atoms with Crippen LogP contribution in [0.3, 0.4) is 0 Å². The first-order valence-corrected chi connectivity index (χ1v) is 4.67. The number of hydrogen-bond donors (Lipinski definition) is 2. The third-order valence-corrected chi connectivity index (χ3v) is 2.23. The Kier molecular flexibility index (Phi) is 2.47. The molecule has 1 heterocycles. The van der Waals surface area contributed by atoms with Crippen LogP contribution in [-0.4, -0.2) is 23.8 Å². The second kappa shape index (κ2) is 3.78. The summed E-state index contributed by atoms with van der Waals surface area (Å²) < 4.78 is 5.36. The first-order chi connectivity index (χ1) is 7.18. The zero-order valence-corrected chi connectivity index (χ0v) is 8.30. The summed E-state index contributed by atoms with van der Waals surface area (Å²) in [6.07, 6.45) is 0. The number of nitrogens with one attached hydrogen (secondary N) is 1. The Bertz CT molecular complexity index is 381. The molecule has 0 amide bonds. The summed E-state index contributed by atoms with van der Waals surface area (Å²) in [5.41, 5.74) is 3.71. The van der Waals surface area contributed by atoms with Crippen LogP contribution >= 0.6 is 0 Å². The Morgan fingerprint density at radius 1 is 1.60 bits per heavy atom. The van der Waals surface area contributed by atoms with Gasteiger partial charge in [0.05, 0.1) is 5.69 Å². The number of fused-ring (bicyclic) bond motifs is 1. The first-order valence-electron chi connectivity index (χ1n) is 4.67. The third kappa shape index (κ3) is 1.87. The molecule has 0 saturated carbocycles. The molecule has 0 unspecified atom stereocenters. The lowest BCUT2D eigenvalue weighted by Gasteiger charge is -2.20. The normalized spacial score (nSPS) is 15.7. The molecule has 2 N–H and O–H groups in total. The second-order valence-corrected chi connectivity index (χ2v) is 3.36. The quantitative estimate of drug-likeness (QED) is 0.770. The lowest BCUT2D eigenvalue weighted by molar-refractivity contribution is -0.139. The van der Waals surface area contributed by atoms with Gasteiger partial charge in [-0.1, -0.05) is 12.1 Å². The largest absolute Gasteiger partial charge is 0.480 e. The highest BCUT2D eigenvalue weighted by Gasteiger charge is 2.23. The summed E-state index contributed by atoms with van der Waals surface area (Å²) in [6.45, 7) is 1.92. The van der Waals surface area contributed by atoms with Gasteiger partial charge in [0.25, 0.3) is 0 Å². The third-order valence-electron chi connectivity index (χ3n) is 2.23. The maximum Gasteiger partial charge on any atom is 0.322 e. The van der Waals surface area contributed by atoms with Crippen molar-refractivity contribution in [3.05, 3.63) is 24.3 Å². The molecule has 1 aromatic rings. The topological polar surface area (TPSA) is 61.8 Å². The van der Waals surface area contributed by atoms with E-state index in [2.05, 4.69) is 5.43 Å². The average Bonchev–Trinajstić information content (AvgIpc) is 2.62. The van der Waals surface area contributed by atoms with Gasteiger partial charge in [-0.05, 0) is 19.1 Å². The number of anilines is 1. The predicted octanol–water partition coefficient (Wildman–Crippen LogP) is 0.821. The van der Waals surface area contributed by atoms with Gasteiger partial charge in [0.1, 0.15) is 11.8 Å². The molecular formula is C10H12N2O3. The molecule has 5 heteroatoms. The number of rotatable bonds is 3. The van der Waals surface area contributed by atoms with E-state index in [-0.39, 0.29) is 0 Å². The average molecular weight is 208 g/mol. The molecule has 5 nitrogen and oxygen atoms in total. The van der Waals surface area contributed by atoms with Crippen molar-refractivity contribution in [2.45, 2.75) is 13.0 Å². The van der Waals surface area contributed by atoms with Crippen molar-refractivity contribution in [1.82, 2.24) is 5.43 Å². The van der Waals surface area contributed by atoms with Gasteiger partial charge in [-0.2, -0.15) is 0 Å². The number of hydrazine groups is 1. The number of carboxylic acid groups (broad SMARTS) is 1. The fourth-order valence-corrected chi connectivity index (χ4v) is 1.40. The highest BCUT2D eigenvalue weighted by Crippen LogP contribution is 2.31. The number of ether oxygens (including phenoxy) is 1. The summed E-state index contributed by atoms with van der Waals surface area (Å²) in [5, 5.41) is 10.4. The van der Waals surface area contributed by atoms with E-state index in [9.17, 15) is 4.79 Å². The van der Waals surface area contributed by atoms with Gasteiger partial charge in [-0.15, -0.1) is 0 Å². The van der Waals surface area contributed by atoms with Gasteiger partial charge in [0.15, 0.2) is 6.73 Å². The van der Waals surface area contributed by atoms with Crippen LogP contribution in [0.4, 0.5) is 5.69 Å². The maximum atomic E-state index is 10.7. The molecule has 0 fully saturated rings. The minimum absolute atomic E-state index is 0.330. The molecule has 1 aliphatic heterocycles. The number of para-hydroxylation sites is 2. The second-order valence-electron chi connectivity index (χ2n) is 3.36. The van der Waals surface area contributed by atoms with Crippen LogP contribution in [0.2, 0.25) is 0 Å². The van der Waals surface area contributed by atoms with E-state index in [0.717, 1.165) is 11.4 Å². The minimum atomic E-state index is -0.889. The van der Waals surface area contributed by atoms with Gasteiger partial charge < -0.3 is 9.84 Å². The standard InChI is InChI=1S/C10H12N2O3/c1-7(10(13)14)11-12-6-15-9-5-3-2-4-8(9)12/h2-5,7,11H,6H2,1H3,(H,13,14)/t7-/m0/s1. The lowest BCUT2D eigenvalue weighted by atomic mass is 10.3. The fraction of sp³-hybridized carbons (Fsp3) is 0.300. The highest BCUT2D eigenvalue weighted by atomic mass is 16.5. The van der Waals surface area contributed by atoms with Crippen molar-refractivity contribution in [3.63, 3.8) is 0 Å². The van der Waals surface area contributed by atoms with Crippen LogP contribution in [-0.2, 0) is 4.79 Å². The number of hydrogen-bond acceptors (Lipinski definition) is 4. The smallest absolute Gasteiger partial charge is 0.322 e. The van der Waals surface area contributed by atoms with Crippen LogP contribution < -0.4 is 15.2 Å². The van der Waals surface area contributed by atoms with E-state index in [1.165, 1.54) is 0 Å². The molecule has 80 valence electrons. The van der Waals surface area contributed by atoms with Crippen LogP contribution in [0.5, 0.6) is 5.75 Å². The van der Waals surface area contributed by atoms with Crippen molar-refractivity contribution >= 4 is 11.7 Å². The van der Waals surface area contributed by atoms with Crippen molar-refractivity contribution < 1.29 is 14.6 Å². The molecule has 0 spiro atoms. The van der Waals surface area contributed by atoms with Crippen LogP contribution in [0, 0.1) is 0 Å². The number of nitrogens with zero attached hydrogens (tertiary/aromatic N) is 1. The van der Waals surface area contributed by atoms with Crippen LogP contribution in [0.25, 0.3) is 0 Å². The maximum absolute atomic E-state index is 10.7. The van der Waals surface area contributed by atoms with E-state index in [1.54, 1.807) is 11.9 Å². The summed E-state index contributed by atoms with van der Waals surface area (Å²) in [7, 11) is 0. The molecule has 1 aliphatic rings. The zero-order chi connectivity index (χ0) is 10.8. The molecule has 0 aliphatic carbocycles. The van der Waals surface area contributed by atoms with Crippen LogP contribution in [0.1, 0.15) is 6.92 Å². The minimum Gasteiger partial charge on any atom is -0.480 e. The molecule has 0 bridgehead atoms. The van der Waals surface area contributed by atoms with E-state index in [1.807, 2.05) is 24.3 Å². The molecular weight excluding hydrogens is 196 g/mol. The van der Waals surface area contributed by atoms with E-state index < -0.39 is 12.0 Å². The van der Waals surface area contributed by atoms with Gasteiger partial charge in [0.2, 0.25) is 0 Å². The van der Waals surface area contributed by atoms with E-state index >= 15 is 0 Å². The fourth-order valence-electron chi connectivity index (χ4n) is 1.40. The molecule has 15 heavy (non-hydrogen) atoms. The van der Waals surface area contributed by atoms with E-state index in [0.29, 0.717) is 6.73 Å². The van der Waals surface area contributed by atoms with Crippen molar-refractivity contribution in [3.8, 4) is 5.75 Å². The van der Waals surface area contributed by atoms with Gasteiger partial charge in [0, 0.05) is 0 Å². The van der Waals surface area contributed by atoms with Gasteiger partial charge in [-0.3, -0.25) is 9.80 Å². The molecule has 1 aromatic carbocycles. The summed E-state index contributed by atoms with van der Waals surface area (Å²) in [6, 6.07) is 6.85. The number of carboxylic acids is 1. The monoisotopic (exact) mass is 208 g/mol. The highest BCUT2D eigenvalue weighted by molar-refractivity contribution is 5.73. The van der Waals surface area contributed by atoms with Crippen LogP contribution in [0.15, 0.2) is 24.3 Å². The molecule has 0 radical (unpaired) electrons. The molecule has 0 aromatic heterocycles. The number of benzene rings is 1. The molecule has 2 rings (SSSR count). The molecule has 1 atom stereocenters. The number of carbonyl (C=O) groups is 1.